The van der Waals surface area contributed by atoms with Crippen LogP contribution in [0.4, 0.5) is 11.6 Å². The molecule has 6 N–H and O–H groups in total. The van der Waals surface area contributed by atoms with Gasteiger partial charge in [0.05, 0.1) is 23.0 Å². The zero-order valence-corrected chi connectivity index (χ0v) is 21.3. The molecule has 0 saturated heterocycles. The molecule has 0 aliphatic rings. The van der Waals surface area contributed by atoms with Gasteiger partial charge in [0.25, 0.3) is 11.7 Å². The summed E-state index contributed by atoms with van der Waals surface area (Å²) in [6.45, 7) is 0.426. The molecule has 0 saturated carbocycles. The Bertz CT molecular complexity index is 1790. The van der Waals surface area contributed by atoms with Gasteiger partial charge in [0.2, 0.25) is 5.82 Å². The third kappa shape index (κ3) is 5.39. The fourth-order valence-corrected chi connectivity index (χ4v) is 4.76. The first-order chi connectivity index (χ1) is 18.6. The van der Waals surface area contributed by atoms with E-state index in [4.69, 9.17) is 31.7 Å². The lowest BCUT2D eigenvalue weighted by Crippen LogP contribution is -2.15. The predicted molar refractivity (Wildman–Crippen MR) is 139 cm³/mol. The number of primary amides is 1. The van der Waals surface area contributed by atoms with Gasteiger partial charge in [0, 0.05) is 24.7 Å². The summed E-state index contributed by atoms with van der Waals surface area (Å²) in [7, 11) is -4.40. The number of rotatable bonds is 9. The van der Waals surface area contributed by atoms with E-state index in [1.807, 2.05) is 0 Å². The van der Waals surface area contributed by atoms with Crippen LogP contribution >= 0.6 is 11.6 Å². The van der Waals surface area contributed by atoms with Crippen molar-refractivity contribution in [2.75, 3.05) is 17.6 Å². The van der Waals surface area contributed by atoms with Crippen molar-refractivity contribution in [2.24, 2.45) is 5.73 Å². The molecule has 1 aromatic carbocycles. The van der Waals surface area contributed by atoms with Gasteiger partial charge < -0.3 is 30.5 Å². The van der Waals surface area contributed by atoms with Crippen LogP contribution in [0.2, 0.25) is 5.02 Å². The number of aromatic hydroxyl groups is 1. The number of fused-ring (bicyclic) bond motifs is 1. The topological polar surface area (TPSA) is 214 Å². The van der Waals surface area contributed by atoms with Gasteiger partial charge in [-0.15, -0.1) is 5.10 Å². The summed E-state index contributed by atoms with van der Waals surface area (Å²) in [5.74, 6) is 0.191. The van der Waals surface area contributed by atoms with Crippen LogP contribution in [0, 0.1) is 0 Å². The van der Waals surface area contributed by atoms with Gasteiger partial charge in [0.1, 0.15) is 22.3 Å². The van der Waals surface area contributed by atoms with Crippen molar-refractivity contribution in [2.45, 2.75) is 11.3 Å². The van der Waals surface area contributed by atoms with Crippen molar-refractivity contribution in [1.29, 1.82) is 0 Å². The number of nitrogens with one attached hydrogen (secondary N) is 1. The zero-order chi connectivity index (χ0) is 27.7. The minimum Gasteiger partial charge on any atom is -0.506 e. The number of aromatic nitrogens is 5. The number of amides is 1. The summed E-state index contributed by atoms with van der Waals surface area (Å²) in [6, 6.07) is 9.90. The van der Waals surface area contributed by atoms with E-state index in [1.54, 1.807) is 24.3 Å². The average Bonchev–Trinajstić information content (AvgIpc) is 3.57. The predicted octanol–water partition coefficient (Wildman–Crippen LogP) is 2.24. The molecule has 200 valence electrons. The van der Waals surface area contributed by atoms with Crippen molar-refractivity contribution < 1.29 is 26.9 Å². The van der Waals surface area contributed by atoms with Crippen molar-refractivity contribution in [3.05, 3.63) is 71.2 Å². The van der Waals surface area contributed by atoms with Crippen LogP contribution in [0.5, 0.6) is 11.5 Å². The number of phenols is 1. The maximum atomic E-state index is 12.7. The number of nitrogen functional groups attached to an aromatic ring is 1. The Kier molecular flexibility index (Phi) is 6.67. The van der Waals surface area contributed by atoms with E-state index in [9.17, 15) is 18.3 Å². The highest BCUT2D eigenvalue weighted by Gasteiger charge is 2.23. The van der Waals surface area contributed by atoms with Crippen LogP contribution in [-0.4, -0.2) is 50.5 Å². The molecular weight excluding hydrogens is 552 g/mol. The van der Waals surface area contributed by atoms with E-state index < -0.39 is 32.2 Å². The van der Waals surface area contributed by atoms with Crippen LogP contribution in [-0.2, 0) is 16.5 Å². The number of hydrogen-bond acceptors (Lipinski definition) is 12. The highest BCUT2D eigenvalue weighted by atomic mass is 35.5. The Morgan fingerprint density at radius 2 is 2.03 bits per heavy atom. The Morgan fingerprint density at radius 1 is 1.21 bits per heavy atom. The third-order valence-electron chi connectivity index (χ3n) is 5.36. The number of benzene rings is 1. The third-order valence-corrected chi connectivity index (χ3v) is 6.88. The molecule has 0 bridgehead atoms. The molecule has 0 atom stereocenters. The SMILES string of the molecule is NC(=O)c1cc(S(=O)(=O)Oc2ccc(CCNc3cc(N)n4nc(-c5ccco5)nc4n3)nc2)cc(Cl)c1O. The van der Waals surface area contributed by atoms with Gasteiger partial charge in [0.15, 0.2) is 11.5 Å². The van der Waals surface area contributed by atoms with E-state index in [-0.39, 0.29) is 10.8 Å². The van der Waals surface area contributed by atoms with Gasteiger partial charge in [-0.1, -0.05) is 11.6 Å². The van der Waals surface area contributed by atoms with E-state index >= 15 is 0 Å². The molecule has 0 unspecified atom stereocenters. The van der Waals surface area contributed by atoms with E-state index in [0.717, 1.165) is 12.1 Å². The van der Waals surface area contributed by atoms with Crippen molar-refractivity contribution >= 4 is 45.0 Å². The molecule has 5 aromatic rings. The number of anilines is 2. The quantitative estimate of drug-likeness (QED) is 0.188. The number of furan rings is 1. The highest BCUT2D eigenvalue weighted by Crippen LogP contribution is 2.31. The molecule has 16 heteroatoms. The van der Waals surface area contributed by atoms with Crippen LogP contribution in [0.3, 0.4) is 0 Å². The summed E-state index contributed by atoms with van der Waals surface area (Å²) < 4.78 is 37.1. The molecule has 0 radical (unpaired) electrons. The second-order valence-corrected chi connectivity index (χ2v) is 10.0. The van der Waals surface area contributed by atoms with E-state index in [1.165, 1.54) is 23.0 Å². The molecule has 0 fully saturated rings. The lowest BCUT2D eigenvalue weighted by Gasteiger charge is -2.10. The van der Waals surface area contributed by atoms with Gasteiger partial charge in [-0.2, -0.15) is 22.9 Å². The van der Waals surface area contributed by atoms with Gasteiger partial charge in [-0.05, 0) is 36.4 Å². The Balaban J connectivity index is 1.23. The smallest absolute Gasteiger partial charge is 0.339 e. The van der Waals surface area contributed by atoms with Crippen LogP contribution in [0.1, 0.15) is 16.1 Å². The number of nitrogens with two attached hydrogens (primary N) is 2. The molecule has 14 nitrogen and oxygen atoms in total. The van der Waals surface area contributed by atoms with Gasteiger partial charge in [-0.3, -0.25) is 9.78 Å². The number of carbonyl (C=O) groups excluding carboxylic acids is 1. The number of hydrogen-bond donors (Lipinski definition) is 4. The van der Waals surface area contributed by atoms with E-state index in [2.05, 4.69) is 25.4 Å². The highest BCUT2D eigenvalue weighted by molar-refractivity contribution is 7.87. The fourth-order valence-electron chi connectivity index (χ4n) is 3.50. The second kappa shape index (κ2) is 10.1. The fraction of sp³-hybridized carbons (Fsp3) is 0.0870. The molecule has 5 rings (SSSR count). The average molecular weight is 571 g/mol. The van der Waals surface area contributed by atoms with Crippen molar-refractivity contribution in [3.63, 3.8) is 0 Å². The Labute approximate surface area is 225 Å². The molecule has 0 spiro atoms. The van der Waals surface area contributed by atoms with Crippen molar-refractivity contribution in [1.82, 2.24) is 24.6 Å². The normalized spacial score (nSPS) is 11.5. The molecule has 4 heterocycles. The van der Waals surface area contributed by atoms with Gasteiger partial charge in [-0.25, -0.2) is 0 Å². The van der Waals surface area contributed by atoms with Crippen LogP contribution < -0.4 is 21.0 Å². The molecular formula is C23H19ClN8O6S. The summed E-state index contributed by atoms with van der Waals surface area (Å²) in [5.41, 5.74) is 11.4. The minimum absolute atomic E-state index is 0.0735. The number of halogens is 1. The Hall–Kier alpha value is -4.89. The summed E-state index contributed by atoms with van der Waals surface area (Å²) in [5, 5.41) is 16.9. The zero-order valence-electron chi connectivity index (χ0n) is 19.8. The standard InChI is InChI=1S/C23H19ClN8O6S/c24-16-9-14(8-15(20(16)33)21(26)34)39(35,36)38-13-4-3-12(28-11-13)5-6-27-19-10-18(25)32-23(29-19)30-22(31-32)17-2-1-7-37-17/h1-4,7-11,33H,5-6,25H2,(H2,26,34)(H,27,29,30,31). The van der Waals surface area contributed by atoms with E-state index in [0.29, 0.717) is 47.7 Å². The first kappa shape index (κ1) is 25.7. The van der Waals surface area contributed by atoms with Crippen molar-refractivity contribution in [3.8, 4) is 23.1 Å². The first-order valence-electron chi connectivity index (χ1n) is 11.1. The molecule has 0 aliphatic carbocycles. The molecule has 1 amide bonds. The number of carbonyl (C=O) groups is 1. The van der Waals surface area contributed by atoms with Crippen LogP contribution in [0.15, 0.2) is 64.2 Å². The van der Waals surface area contributed by atoms with Gasteiger partial charge >= 0.3 is 10.1 Å². The molecule has 0 aliphatic heterocycles. The monoisotopic (exact) mass is 570 g/mol. The summed E-state index contributed by atoms with van der Waals surface area (Å²) >= 11 is 5.83. The largest absolute Gasteiger partial charge is 0.506 e. The number of pyridine rings is 1. The number of nitrogens with zero attached hydrogens (tertiary/aromatic N) is 5. The lowest BCUT2D eigenvalue weighted by atomic mass is 10.2. The first-order valence-corrected chi connectivity index (χ1v) is 12.9. The molecule has 39 heavy (non-hydrogen) atoms. The second-order valence-electron chi connectivity index (χ2n) is 8.06. The summed E-state index contributed by atoms with van der Waals surface area (Å²) in [6.07, 6.45) is 3.21. The summed E-state index contributed by atoms with van der Waals surface area (Å²) in [4.78, 5) is 24.0. The maximum absolute atomic E-state index is 12.7. The lowest BCUT2D eigenvalue weighted by molar-refractivity contribution is 0.0997. The molecule has 4 aromatic heterocycles. The maximum Gasteiger partial charge on any atom is 0.339 e. The van der Waals surface area contributed by atoms with Crippen LogP contribution in [0.25, 0.3) is 17.4 Å². The Morgan fingerprint density at radius 3 is 2.72 bits per heavy atom. The minimum atomic E-state index is -4.40.